The summed E-state index contributed by atoms with van der Waals surface area (Å²) in [4.78, 5) is 15.4. The average molecular weight is 218 g/mol. The first-order chi connectivity index (χ1) is 7.81. The van der Waals surface area contributed by atoms with Crippen LogP contribution >= 0.6 is 0 Å². The largest absolute Gasteiger partial charge is 0.461 e. The van der Waals surface area contributed by atoms with E-state index in [4.69, 9.17) is 4.74 Å². The van der Waals surface area contributed by atoms with Gasteiger partial charge in [-0.1, -0.05) is 11.3 Å². The molecule has 0 bridgehead atoms. The molecular weight excluding hydrogens is 208 g/mol. The molecule has 6 heteroatoms. The van der Waals surface area contributed by atoms with Crippen molar-refractivity contribution in [3.8, 4) is 5.82 Å². The van der Waals surface area contributed by atoms with Gasteiger partial charge in [-0.2, -0.15) is 0 Å². The second-order valence-electron chi connectivity index (χ2n) is 2.96. The molecule has 0 radical (unpaired) electrons. The Morgan fingerprint density at radius 1 is 1.50 bits per heavy atom. The van der Waals surface area contributed by atoms with E-state index in [0.29, 0.717) is 12.4 Å². The molecule has 0 atom stereocenters. The van der Waals surface area contributed by atoms with E-state index < -0.39 is 5.97 Å². The first-order valence-electron chi connectivity index (χ1n) is 4.82. The van der Waals surface area contributed by atoms with Gasteiger partial charge in [-0.05, 0) is 19.1 Å². The molecule has 0 aliphatic rings. The predicted molar refractivity (Wildman–Crippen MR) is 55.1 cm³/mol. The van der Waals surface area contributed by atoms with Gasteiger partial charge in [-0.15, -0.1) is 5.10 Å². The lowest BCUT2D eigenvalue weighted by Crippen LogP contribution is -2.04. The summed E-state index contributed by atoms with van der Waals surface area (Å²) in [6.45, 7) is 2.05. The van der Waals surface area contributed by atoms with E-state index in [-0.39, 0.29) is 5.69 Å². The normalized spacial score (nSPS) is 10.1. The Morgan fingerprint density at radius 2 is 2.38 bits per heavy atom. The van der Waals surface area contributed by atoms with Gasteiger partial charge in [0, 0.05) is 6.20 Å². The molecule has 2 heterocycles. The molecule has 0 saturated carbocycles. The first kappa shape index (κ1) is 10.3. The Labute approximate surface area is 91.9 Å². The van der Waals surface area contributed by atoms with Crippen LogP contribution in [0.3, 0.4) is 0 Å². The number of aromatic nitrogens is 4. The zero-order valence-corrected chi connectivity index (χ0v) is 8.70. The molecule has 0 fully saturated rings. The minimum Gasteiger partial charge on any atom is -0.461 e. The van der Waals surface area contributed by atoms with E-state index in [1.54, 1.807) is 25.3 Å². The molecule has 0 N–H and O–H groups in total. The highest BCUT2D eigenvalue weighted by Gasteiger charge is 2.12. The highest BCUT2D eigenvalue weighted by atomic mass is 16.5. The third kappa shape index (κ3) is 2.05. The van der Waals surface area contributed by atoms with Crippen LogP contribution in [0.15, 0.2) is 30.6 Å². The lowest BCUT2D eigenvalue weighted by Gasteiger charge is -1.96. The molecule has 0 amide bonds. The molecule has 0 spiro atoms. The Bertz CT molecular complexity index is 481. The molecule has 2 rings (SSSR count). The number of carbonyl (C=O) groups is 1. The number of ether oxygens (including phenoxy) is 1. The van der Waals surface area contributed by atoms with Crippen LogP contribution in [0.25, 0.3) is 5.82 Å². The fourth-order valence-corrected chi connectivity index (χ4v) is 1.16. The quantitative estimate of drug-likeness (QED) is 0.714. The molecule has 6 nitrogen and oxygen atoms in total. The molecule has 2 aromatic rings. The van der Waals surface area contributed by atoms with Crippen LogP contribution in [0.4, 0.5) is 0 Å². The summed E-state index contributed by atoms with van der Waals surface area (Å²) < 4.78 is 6.22. The van der Waals surface area contributed by atoms with E-state index in [0.717, 1.165) is 0 Å². The number of rotatable bonds is 3. The number of hydrogen-bond acceptors (Lipinski definition) is 5. The van der Waals surface area contributed by atoms with Gasteiger partial charge >= 0.3 is 5.97 Å². The first-order valence-corrected chi connectivity index (χ1v) is 4.82. The van der Waals surface area contributed by atoms with Crippen LogP contribution in [0.2, 0.25) is 0 Å². The van der Waals surface area contributed by atoms with Crippen molar-refractivity contribution >= 4 is 5.97 Å². The van der Waals surface area contributed by atoms with Crippen molar-refractivity contribution in [2.75, 3.05) is 6.61 Å². The van der Waals surface area contributed by atoms with Gasteiger partial charge in [0.2, 0.25) is 0 Å². The summed E-state index contributed by atoms with van der Waals surface area (Å²) in [5, 5.41) is 7.50. The molecular formula is C10H10N4O2. The number of hydrogen-bond donors (Lipinski definition) is 0. The number of pyridine rings is 1. The zero-order chi connectivity index (χ0) is 11.4. The van der Waals surface area contributed by atoms with E-state index >= 15 is 0 Å². The van der Waals surface area contributed by atoms with Gasteiger partial charge in [0.25, 0.3) is 0 Å². The second kappa shape index (κ2) is 4.52. The maximum absolute atomic E-state index is 11.3. The van der Waals surface area contributed by atoms with Gasteiger partial charge in [-0.25, -0.2) is 14.5 Å². The van der Waals surface area contributed by atoms with Crippen LogP contribution in [0.1, 0.15) is 17.4 Å². The van der Waals surface area contributed by atoms with Gasteiger partial charge in [0.1, 0.15) is 0 Å². The van der Waals surface area contributed by atoms with Gasteiger partial charge in [0.15, 0.2) is 11.5 Å². The summed E-state index contributed by atoms with van der Waals surface area (Å²) in [6.07, 6.45) is 3.13. The third-order valence-electron chi connectivity index (χ3n) is 1.86. The molecule has 0 aliphatic carbocycles. The molecule has 0 aliphatic heterocycles. The summed E-state index contributed by atoms with van der Waals surface area (Å²) in [5.41, 5.74) is 0.174. The van der Waals surface area contributed by atoms with E-state index in [1.165, 1.54) is 10.9 Å². The number of carbonyl (C=O) groups excluding carboxylic acids is 1. The minimum absolute atomic E-state index is 0.174. The summed E-state index contributed by atoms with van der Waals surface area (Å²) >= 11 is 0. The molecule has 82 valence electrons. The minimum atomic E-state index is -0.482. The third-order valence-corrected chi connectivity index (χ3v) is 1.86. The molecule has 0 unspecified atom stereocenters. The predicted octanol–water partition coefficient (Wildman–Crippen LogP) is 0.839. The summed E-state index contributed by atoms with van der Waals surface area (Å²) in [6, 6.07) is 5.39. The van der Waals surface area contributed by atoms with Crippen molar-refractivity contribution in [2.45, 2.75) is 6.92 Å². The van der Waals surface area contributed by atoms with Crippen molar-refractivity contribution in [1.82, 2.24) is 20.0 Å². The van der Waals surface area contributed by atoms with E-state index in [2.05, 4.69) is 15.3 Å². The summed E-state index contributed by atoms with van der Waals surface area (Å²) in [7, 11) is 0. The van der Waals surface area contributed by atoms with E-state index in [1.807, 2.05) is 6.07 Å². The Hall–Kier alpha value is -2.24. The molecule has 0 aromatic carbocycles. The SMILES string of the molecule is CCOC(=O)c1cn(-c2ccccn2)nn1. The number of esters is 1. The van der Waals surface area contributed by atoms with Crippen LogP contribution in [0.5, 0.6) is 0 Å². The maximum atomic E-state index is 11.3. The van der Waals surface area contributed by atoms with Crippen molar-refractivity contribution < 1.29 is 9.53 Å². The fraction of sp³-hybridized carbons (Fsp3) is 0.200. The van der Waals surface area contributed by atoms with Gasteiger partial charge < -0.3 is 4.74 Å². The fourth-order valence-electron chi connectivity index (χ4n) is 1.16. The highest BCUT2D eigenvalue weighted by Crippen LogP contribution is 2.03. The monoisotopic (exact) mass is 218 g/mol. The van der Waals surface area contributed by atoms with Gasteiger partial charge in [-0.3, -0.25) is 0 Å². The highest BCUT2D eigenvalue weighted by molar-refractivity contribution is 5.86. The Morgan fingerprint density at radius 3 is 3.06 bits per heavy atom. The molecule has 2 aromatic heterocycles. The van der Waals surface area contributed by atoms with Gasteiger partial charge in [0.05, 0.1) is 12.8 Å². The van der Waals surface area contributed by atoms with E-state index in [9.17, 15) is 4.79 Å². The van der Waals surface area contributed by atoms with Crippen LogP contribution in [0, 0.1) is 0 Å². The van der Waals surface area contributed by atoms with Crippen molar-refractivity contribution in [3.63, 3.8) is 0 Å². The molecule has 16 heavy (non-hydrogen) atoms. The average Bonchev–Trinajstić information content (AvgIpc) is 2.80. The van der Waals surface area contributed by atoms with Crippen molar-refractivity contribution in [2.24, 2.45) is 0 Å². The number of nitrogens with zero attached hydrogens (tertiary/aromatic N) is 4. The van der Waals surface area contributed by atoms with Crippen LogP contribution in [-0.2, 0) is 4.74 Å². The smallest absolute Gasteiger partial charge is 0.360 e. The topological polar surface area (TPSA) is 69.9 Å². The lowest BCUT2D eigenvalue weighted by atomic mass is 10.4. The maximum Gasteiger partial charge on any atom is 0.360 e. The zero-order valence-electron chi connectivity index (χ0n) is 8.70. The molecule has 0 saturated heterocycles. The summed E-state index contributed by atoms with van der Waals surface area (Å²) in [5.74, 6) is 0.121. The van der Waals surface area contributed by atoms with Crippen LogP contribution < -0.4 is 0 Å². The van der Waals surface area contributed by atoms with Crippen molar-refractivity contribution in [3.05, 3.63) is 36.3 Å². The van der Waals surface area contributed by atoms with Crippen LogP contribution in [-0.4, -0.2) is 32.6 Å². The van der Waals surface area contributed by atoms with Crippen molar-refractivity contribution in [1.29, 1.82) is 0 Å². The second-order valence-corrected chi connectivity index (χ2v) is 2.96. The standard InChI is InChI=1S/C10H10N4O2/c1-2-16-10(15)8-7-14(13-12-8)9-5-3-4-6-11-9/h3-7H,2H2,1H3. The lowest BCUT2D eigenvalue weighted by molar-refractivity contribution is 0.0519. The Kier molecular flexibility index (Phi) is 2.90. The Balaban J connectivity index is 2.23.